The van der Waals surface area contributed by atoms with Crippen LogP contribution < -0.4 is 5.56 Å². The van der Waals surface area contributed by atoms with Crippen molar-refractivity contribution in [3.05, 3.63) is 112 Å². The molecule has 4 heteroatoms. The third kappa shape index (κ3) is 4.06. The lowest BCUT2D eigenvalue weighted by Crippen LogP contribution is -2.22. The highest BCUT2D eigenvalue weighted by Crippen LogP contribution is 2.36. The van der Waals surface area contributed by atoms with Gasteiger partial charge < -0.3 is 0 Å². The van der Waals surface area contributed by atoms with Gasteiger partial charge in [0.2, 0.25) is 0 Å². The fourth-order valence-corrected chi connectivity index (χ4v) is 4.93. The Balaban J connectivity index is 1.94. The van der Waals surface area contributed by atoms with Crippen molar-refractivity contribution in [2.45, 2.75) is 19.3 Å². The maximum atomic E-state index is 13.9. The van der Waals surface area contributed by atoms with Crippen LogP contribution in [0.15, 0.2) is 95.8 Å². The monoisotopic (exact) mass is 471 g/mol. The van der Waals surface area contributed by atoms with Gasteiger partial charge >= 0.3 is 0 Å². The van der Waals surface area contributed by atoms with Crippen LogP contribution in [0.5, 0.6) is 0 Å². The van der Waals surface area contributed by atoms with E-state index in [0.717, 1.165) is 57.8 Å². The van der Waals surface area contributed by atoms with Gasteiger partial charge in [0.05, 0.1) is 5.69 Å². The Labute approximate surface area is 203 Å². The summed E-state index contributed by atoms with van der Waals surface area (Å²) in [5.74, 6) is 0.623. The summed E-state index contributed by atoms with van der Waals surface area (Å²) in [5, 5.41) is 4.63. The van der Waals surface area contributed by atoms with Crippen molar-refractivity contribution in [2.75, 3.05) is 5.88 Å². The molecule has 5 aromatic rings. The lowest BCUT2D eigenvalue weighted by molar-refractivity contribution is 0.797. The maximum absolute atomic E-state index is 13.9. The molecule has 0 saturated carbocycles. The van der Waals surface area contributed by atoms with Crippen molar-refractivity contribution >= 4 is 44.7 Å². The van der Waals surface area contributed by atoms with Crippen LogP contribution in [0, 0.1) is 0 Å². The van der Waals surface area contributed by atoms with E-state index in [0.29, 0.717) is 10.9 Å². The quantitative estimate of drug-likeness (QED) is 0.181. The fourth-order valence-electron chi connectivity index (χ4n) is 4.62. The summed E-state index contributed by atoms with van der Waals surface area (Å²) < 4.78 is 1.86. The van der Waals surface area contributed by atoms with Crippen molar-refractivity contribution in [1.82, 2.24) is 4.57 Å². The number of unbranched alkanes of at least 4 members (excludes halogenated alkanes) is 1. The summed E-state index contributed by atoms with van der Waals surface area (Å²) in [6.45, 7) is 0. The Morgan fingerprint density at radius 1 is 0.697 bits per heavy atom. The summed E-state index contributed by atoms with van der Waals surface area (Å²) in [6, 6.07) is 30.0. The number of hydrogen-bond donors (Lipinski definition) is 0. The molecule has 1 heterocycles. The van der Waals surface area contributed by atoms with Gasteiger partial charge in [-0.3, -0.25) is 9.36 Å². The highest BCUT2D eigenvalue weighted by atomic mass is 35.5. The molecule has 4 aromatic carbocycles. The average Bonchev–Trinajstić information content (AvgIpc) is 2.86. The summed E-state index contributed by atoms with van der Waals surface area (Å²) >= 11 is 12.2. The van der Waals surface area contributed by atoms with E-state index in [2.05, 4.69) is 36.4 Å². The number of rotatable bonds is 6. The third-order valence-electron chi connectivity index (χ3n) is 6.14. The largest absolute Gasteiger partial charge is 0.276 e. The van der Waals surface area contributed by atoms with Crippen LogP contribution in [0.25, 0.3) is 38.5 Å². The minimum absolute atomic E-state index is 0.0306. The molecule has 0 N–H and O–H groups in total. The Kier molecular flexibility index (Phi) is 6.22. The van der Waals surface area contributed by atoms with E-state index in [4.69, 9.17) is 23.2 Å². The van der Waals surface area contributed by atoms with Crippen LogP contribution >= 0.6 is 23.2 Å². The minimum Gasteiger partial charge on any atom is -0.276 e. The van der Waals surface area contributed by atoms with Crippen molar-refractivity contribution in [3.63, 3.8) is 0 Å². The Hall–Kier alpha value is -3.07. The normalized spacial score (nSPS) is 11.3. The molecule has 5 rings (SSSR count). The second-order valence-corrected chi connectivity index (χ2v) is 8.98. The summed E-state index contributed by atoms with van der Waals surface area (Å²) in [5.41, 5.74) is 3.93. The van der Waals surface area contributed by atoms with Gasteiger partial charge in [-0.05, 0) is 71.3 Å². The number of nitrogens with zero attached hydrogens (tertiary/aromatic N) is 1. The van der Waals surface area contributed by atoms with E-state index in [1.165, 1.54) is 5.56 Å². The van der Waals surface area contributed by atoms with Crippen LogP contribution in [0.1, 0.15) is 18.4 Å². The number of aryl methyl sites for hydroxylation is 1. The molecular formula is C29H23Cl2NO. The molecule has 0 radical (unpaired) electrons. The summed E-state index contributed by atoms with van der Waals surface area (Å²) in [4.78, 5) is 13.9. The highest BCUT2D eigenvalue weighted by molar-refractivity contribution is 6.30. The number of alkyl halides is 1. The summed E-state index contributed by atoms with van der Waals surface area (Å²) in [7, 11) is 0. The van der Waals surface area contributed by atoms with Gasteiger partial charge in [-0.1, -0.05) is 72.3 Å². The molecule has 0 bridgehead atoms. The van der Waals surface area contributed by atoms with Crippen LogP contribution in [-0.2, 0) is 6.42 Å². The smallest absolute Gasteiger partial charge is 0.263 e. The number of benzene rings is 4. The Morgan fingerprint density at radius 2 is 1.36 bits per heavy atom. The lowest BCUT2D eigenvalue weighted by atomic mass is 9.92. The number of hydrogen-bond acceptors (Lipinski definition) is 1. The predicted molar refractivity (Wildman–Crippen MR) is 141 cm³/mol. The Morgan fingerprint density at radius 3 is 2.12 bits per heavy atom. The second kappa shape index (κ2) is 9.43. The van der Waals surface area contributed by atoms with Crippen molar-refractivity contribution in [2.24, 2.45) is 0 Å². The van der Waals surface area contributed by atoms with E-state index in [1.807, 2.05) is 59.2 Å². The maximum Gasteiger partial charge on any atom is 0.263 e. The van der Waals surface area contributed by atoms with Crippen molar-refractivity contribution < 1.29 is 0 Å². The topological polar surface area (TPSA) is 22.0 Å². The first-order valence-electron chi connectivity index (χ1n) is 11.2. The average molecular weight is 472 g/mol. The molecule has 0 spiro atoms. The van der Waals surface area contributed by atoms with Gasteiger partial charge in [0.15, 0.2) is 0 Å². The first-order valence-corrected chi connectivity index (χ1v) is 12.1. The number of pyridine rings is 1. The van der Waals surface area contributed by atoms with Crippen LogP contribution in [0.3, 0.4) is 0 Å². The minimum atomic E-state index is -0.0306. The molecule has 1 aromatic heterocycles. The molecular weight excluding hydrogens is 449 g/mol. The van der Waals surface area contributed by atoms with E-state index in [9.17, 15) is 4.79 Å². The first-order chi connectivity index (χ1) is 16.2. The SMILES string of the molecule is O=c1c2ccccc2c(CCCCCl)c(-c2cccc3ccccc23)n1-c1ccc(Cl)cc1. The van der Waals surface area contributed by atoms with Gasteiger partial charge in [0, 0.05) is 27.5 Å². The molecule has 0 aliphatic heterocycles. The Bertz CT molecular complexity index is 1500. The predicted octanol–water partition coefficient (Wildman–Crippen LogP) is 8.03. The molecule has 2 nitrogen and oxygen atoms in total. The van der Waals surface area contributed by atoms with E-state index < -0.39 is 0 Å². The van der Waals surface area contributed by atoms with E-state index in [-0.39, 0.29) is 5.56 Å². The van der Waals surface area contributed by atoms with Gasteiger partial charge in [0.1, 0.15) is 0 Å². The molecule has 0 aliphatic carbocycles. The lowest BCUT2D eigenvalue weighted by Gasteiger charge is -2.21. The summed E-state index contributed by atoms with van der Waals surface area (Å²) in [6.07, 6.45) is 2.70. The van der Waals surface area contributed by atoms with Crippen LogP contribution in [0.4, 0.5) is 0 Å². The molecule has 164 valence electrons. The van der Waals surface area contributed by atoms with Gasteiger partial charge in [-0.25, -0.2) is 0 Å². The molecule has 0 unspecified atom stereocenters. The first kappa shape index (κ1) is 21.8. The van der Waals surface area contributed by atoms with Crippen molar-refractivity contribution in [1.29, 1.82) is 0 Å². The van der Waals surface area contributed by atoms with Gasteiger partial charge in [0.25, 0.3) is 5.56 Å². The molecule has 0 atom stereocenters. The third-order valence-corrected chi connectivity index (χ3v) is 6.65. The standard InChI is InChI=1S/C29H23Cl2NO/c30-19-6-5-12-26-24-11-3-4-13-27(24)29(33)32(22-17-15-21(31)16-18-22)28(26)25-14-7-9-20-8-1-2-10-23(20)25/h1-4,7-11,13-18H,5-6,12,19H2. The van der Waals surface area contributed by atoms with Gasteiger partial charge in [-0.2, -0.15) is 0 Å². The van der Waals surface area contributed by atoms with Gasteiger partial charge in [-0.15, -0.1) is 11.6 Å². The highest BCUT2D eigenvalue weighted by Gasteiger charge is 2.20. The fraction of sp³-hybridized carbons (Fsp3) is 0.138. The molecule has 0 fully saturated rings. The zero-order valence-electron chi connectivity index (χ0n) is 18.1. The molecule has 0 saturated heterocycles. The molecule has 0 amide bonds. The van der Waals surface area contributed by atoms with Crippen molar-refractivity contribution in [3.8, 4) is 16.9 Å². The molecule has 0 aliphatic rings. The van der Waals surface area contributed by atoms with Crippen LogP contribution in [0.2, 0.25) is 5.02 Å². The zero-order chi connectivity index (χ0) is 22.8. The van der Waals surface area contributed by atoms with Crippen LogP contribution in [-0.4, -0.2) is 10.4 Å². The number of aromatic nitrogens is 1. The number of halogens is 2. The number of fused-ring (bicyclic) bond motifs is 2. The van der Waals surface area contributed by atoms with E-state index in [1.54, 1.807) is 0 Å². The van der Waals surface area contributed by atoms with E-state index >= 15 is 0 Å². The molecule has 33 heavy (non-hydrogen) atoms. The zero-order valence-corrected chi connectivity index (χ0v) is 19.6. The second-order valence-electron chi connectivity index (χ2n) is 8.16.